The Kier molecular flexibility index (Phi) is 6.55. The molecule has 0 fully saturated rings. The molecule has 9 heteroatoms. The van der Waals surface area contributed by atoms with Crippen LogP contribution in [0.5, 0.6) is 5.75 Å². The molecule has 0 aliphatic heterocycles. The molecule has 0 radical (unpaired) electrons. The highest BCUT2D eigenvalue weighted by molar-refractivity contribution is 9.10. The normalized spacial score (nSPS) is 11.0. The largest absolute Gasteiger partial charge is 0.496 e. The highest BCUT2D eigenvalue weighted by Crippen LogP contribution is 2.35. The van der Waals surface area contributed by atoms with E-state index in [1.54, 1.807) is 23.0 Å². The van der Waals surface area contributed by atoms with Crippen LogP contribution in [0.2, 0.25) is 0 Å². The van der Waals surface area contributed by atoms with Crippen LogP contribution in [0.3, 0.4) is 0 Å². The predicted molar refractivity (Wildman–Crippen MR) is 109 cm³/mol. The standard InChI is InChI=1S/C17H19BrN4O2S2/c1-3-4-7-22-16(23)20-21-17(22)26-10-12-9-25-15(19-12)13-8-11(18)5-6-14(13)24-2/h5-6,8-9H,3-4,7,10H2,1-2H3,(H,20,23). The number of H-pyrrole nitrogens is 1. The quantitative estimate of drug-likeness (QED) is 0.505. The molecular formula is C17H19BrN4O2S2. The molecule has 2 heterocycles. The van der Waals surface area contributed by atoms with Gasteiger partial charge in [-0.3, -0.25) is 4.57 Å². The van der Waals surface area contributed by atoms with Crippen LogP contribution >= 0.6 is 39.0 Å². The lowest BCUT2D eigenvalue weighted by Gasteiger charge is -2.06. The third-order valence-electron chi connectivity index (χ3n) is 3.75. The summed E-state index contributed by atoms with van der Waals surface area (Å²) < 4.78 is 8.11. The van der Waals surface area contributed by atoms with Crippen LogP contribution in [0.25, 0.3) is 10.6 Å². The Morgan fingerprint density at radius 3 is 3.04 bits per heavy atom. The Bertz CT molecular complexity index is 935. The zero-order valence-electron chi connectivity index (χ0n) is 14.5. The van der Waals surface area contributed by atoms with Gasteiger partial charge in [0.15, 0.2) is 5.16 Å². The molecule has 0 saturated heterocycles. The number of thioether (sulfide) groups is 1. The van der Waals surface area contributed by atoms with Crippen molar-refractivity contribution >= 4 is 39.0 Å². The molecule has 0 saturated carbocycles. The third kappa shape index (κ3) is 4.39. The van der Waals surface area contributed by atoms with Gasteiger partial charge in [-0.2, -0.15) is 0 Å². The fraction of sp³-hybridized carbons (Fsp3) is 0.353. The van der Waals surface area contributed by atoms with Crippen LogP contribution in [0.15, 0.2) is 38.0 Å². The average molecular weight is 455 g/mol. The zero-order chi connectivity index (χ0) is 18.5. The topological polar surface area (TPSA) is 72.8 Å². The maximum absolute atomic E-state index is 11.8. The number of aromatic amines is 1. The van der Waals surface area contributed by atoms with Gasteiger partial charge in [0.1, 0.15) is 10.8 Å². The van der Waals surface area contributed by atoms with E-state index in [9.17, 15) is 4.79 Å². The average Bonchev–Trinajstić information content (AvgIpc) is 3.25. The number of hydrogen-bond donors (Lipinski definition) is 1. The smallest absolute Gasteiger partial charge is 0.343 e. The molecular weight excluding hydrogens is 436 g/mol. The van der Waals surface area contributed by atoms with Crippen LogP contribution in [0.1, 0.15) is 25.5 Å². The van der Waals surface area contributed by atoms with Gasteiger partial charge in [-0.05, 0) is 24.6 Å². The summed E-state index contributed by atoms with van der Waals surface area (Å²) in [6.07, 6.45) is 1.99. The van der Waals surface area contributed by atoms with Crippen molar-refractivity contribution in [3.8, 4) is 16.3 Å². The molecule has 0 aliphatic rings. The van der Waals surface area contributed by atoms with Crippen LogP contribution in [-0.4, -0.2) is 26.9 Å². The number of methoxy groups -OCH3 is 1. The number of nitrogens with one attached hydrogen (secondary N) is 1. The SMILES string of the molecule is CCCCn1c(SCc2csc(-c3cc(Br)ccc3OC)n2)n[nH]c1=O. The number of halogens is 1. The van der Waals surface area contributed by atoms with Gasteiger partial charge < -0.3 is 4.74 Å². The van der Waals surface area contributed by atoms with E-state index in [4.69, 9.17) is 9.72 Å². The van der Waals surface area contributed by atoms with Gasteiger partial charge in [-0.25, -0.2) is 14.9 Å². The summed E-state index contributed by atoms with van der Waals surface area (Å²) in [6, 6.07) is 5.87. The van der Waals surface area contributed by atoms with E-state index in [0.29, 0.717) is 17.5 Å². The Hall–Kier alpha value is -1.58. The first kappa shape index (κ1) is 19.2. The summed E-state index contributed by atoms with van der Waals surface area (Å²) in [7, 11) is 1.66. The van der Waals surface area contributed by atoms with E-state index in [0.717, 1.165) is 39.3 Å². The highest BCUT2D eigenvalue weighted by atomic mass is 79.9. The van der Waals surface area contributed by atoms with E-state index >= 15 is 0 Å². The van der Waals surface area contributed by atoms with Gasteiger partial charge in [0.25, 0.3) is 0 Å². The molecule has 2 aromatic heterocycles. The Balaban J connectivity index is 1.74. The van der Waals surface area contributed by atoms with Crippen molar-refractivity contribution in [2.24, 2.45) is 0 Å². The first-order valence-electron chi connectivity index (χ1n) is 8.18. The van der Waals surface area contributed by atoms with E-state index < -0.39 is 0 Å². The fourth-order valence-electron chi connectivity index (χ4n) is 2.41. The first-order chi connectivity index (χ1) is 12.6. The van der Waals surface area contributed by atoms with Crippen molar-refractivity contribution in [3.63, 3.8) is 0 Å². The van der Waals surface area contributed by atoms with Crippen LogP contribution < -0.4 is 10.4 Å². The number of ether oxygens (including phenoxy) is 1. The molecule has 0 bridgehead atoms. The Morgan fingerprint density at radius 2 is 2.27 bits per heavy atom. The highest BCUT2D eigenvalue weighted by Gasteiger charge is 2.13. The van der Waals surface area contributed by atoms with Crippen molar-refractivity contribution in [1.82, 2.24) is 19.7 Å². The summed E-state index contributed by atoms with van der Waals surface area (Å²) in [5.41, 5.74) is 1.76. The third-order valence-corrected chi connectivity index (χ3v) is 6.18. The summed E-state index contributed by atoms with van der Waals surface area (Å²) in [6.45, 7) is 2.79. The second kappa shape index (κ2) is 8.88. The molecule has 3 rings (SSSR count). The number of thiazole rings is 1. The molecule has 3 aromatic rings. The predicted octanol–water partition coefficient (Wildman–Crippen LogP) is 4.56. The molecule has 1 aromatic carbocycles. The Morgan fingerprint density at radius 1 is 1.42 bits per heavy atom. The second-order valence-corrected chi connectivity index (χ2v) is 8.31. The van der Waals surface area contributed by atoms with Gasteiger partial charge in [0.05, 0.1) is 18.4 Å². The summed E-state index contributed by atoms with van der Waals surface area (Å²) in [5.74, 6) is 1.45. The molecule has 0 amide bonds. The first-order valence-corrected chi connectivity index (χ1v) is 10.8. The zero-order valence-corrected chi connectivity index (χ0v) is 17.7. The number of rotatable bonds is 8. The van der Waals surface area contributed by atoms with Gasteiger partial charge >= 0.3 is 5.69 Å². The maximum atomic E-state index is 11.8. The molecule has 6 nitrogen and oxygen atoms in total. The molecule has 138 valence electrons. The van der Waals surface area contributed by atoms with Crippen molar-refractivity contribution in [3.05, 3.63) is 44.2 Å². The van der Waals surface area contributed by atoms with Gasteiger partial charge in [0, 0.05) is 22.2 Å². The van der Waals surface area contributed by atoms with Crippen LogP contribution in [-0.2, 0) is 12.3 Å². The summed E-state index contributed by atoms with van der Waals surface area (Å²) in [5, 5.41) is 10.3. The molecule has 1 N–H and O–H groups in total. The van der Waals surface area contributed by atoms with Crippen LogP contribution in [0.4, 0.5) is 0 Å². The number of aromatic nitrogens is 4. The van der Waals surface area contributed by atoms with E-state index in [1.807, 2.05) is 23.6 Å². The van der Waals surface area contributed by atoms with Gasteiger partial charge in [-0.15, -0.1) is 16.4 Å². The van der Waals surface area contributed by atoms with Crippen molar-refractivity contribution in [2.45, 2.75) is 37.2 Å². The molecule has 0 aliphatic carbocycles. The minimum absolute atomic E-state index is 0.154. The fourth-order valence-corrected chi connectivity index (χ4v) is 4.58. The minimum atomic E-state index is -0.154. The summed E-state index contributed by atoms with van der Waals surface area (Å²) >= 11 is 6.59. The van der Waals surface area contributed by atoms with E-state index in [1.165, 1.54) is 11.8 Å². The monoisotopic (exact) mass is 454 g/mol. The number of benzene rings is 1. The molecule has 0 unspecified atom stereocenters. The Labute approximate surface area is 168 Å². The lowest BCUT2D eigenvalue weighted by Crippen LogP contribution is -2.17. The number of unbranched alkanes of at least 4 members (excludes halogenated alkanes) is 1. The summed E-state index contributed by atoms with van der Waals surface area (Å²) in [4.78, 5) is 16.6. The van der Waals surface area contributed by atoms with E-state index in [2.05, 4.69) is 33.1 Å². The molecule has 0 spiro atoms. The van der Waals surface area contributed by atoms with Crippen molar-refractivity contribution in [2.75, 3.05) is 7.11 Å². The molecule has 26 heavy (non-hydrogen) atoms. The maximum Gasteiger partial charge on any atom is 0.343 e. The van der Waals surface area contributed by atoms with E-state index in [-0.39, 0.29) is 5.69 Å². The van der Waals surface area contributed by atoms with Gasteiger partial charge in [0.2, 0.25) is 0 Å². The second-order valence-electron chi connectivity index (χ2n) is 5.59. The number of hydrogen-bond acceptors (Lipinski definition) is 6. The lowest BCUT2D eigenvalue weighted by molar-refractivity contribution is 0.416. The van der Waals surface area contributed by atoms with Crippen molar-refractivity contribution < 1.29 is 4.74 Å². The molecule has 0 atom stereocenters. The van der Waals surface area contributed by atoms with Crippen LogP contribution in [0, 0.1) is 0 Å². The minimum Gasteiger partial charge on any atom is -0.496 e. The van der Waals surface area contributed by atoms with Crippen molar-refractivity contribution in [1.29, 1.82) is 0 Å². The number of nitrogens with zero attached hydrogens (tertiary/aromatic N) is 3. The lowest BCUT2D eigenvalue weighted by atomic mass is 10.2. The van der Waals surface area contributed by atoms with Gasteiger partial charge in [-0.1, -0.05) is 41.0 Å².